The fourth-order valence-corrected chi connectivity index (χ4v) is 8.69. The summed E-state index contributed by atoms with van der Waals surface area (Å²) in [6.07, 6.45) is 9.23. The summed E-state index contributed by atoms with van der Waals surface area (Å²) in [6.45, 7) is 14.4. The number of nitrogens with one attached hydrogen (secondary N) is 1. The lowest BCUT2D eigenvalue weighted by Crippen LogP contribution is -2.63. The van der Waals surface area contributed by atoms with Crippen LogP contribution in [0.2, 0.25) is 5.02 Å². The molecule has 2 aromatic rings. The van der Waals surface area contributed by atoms with Crippen molar-refractivity contribution in [3.63, 3.8) is 0 Å². The number of hydrogen-bond donors (Lipinski definition) is 2. The van der Waals surface area contributed by atoms with Crippen LogP contribution < -0.4 is 5.32 Å². The van der Waals surface area contributed by atoms with Gasteiger partial charge in [-0.15, -0.1) is 0 Å². The van der Waals surface area contributed by atoms with Gasteiger partial charge in [0.1, 0.15) is 6.23 Å². The van der Waals surface area contributed by atoms with Gasteiger partial charge in [-0.25, -0.2) is 0 Å². The predicted molar refractivity (Wildman–Crippen MR) is 175 cm³/mol. The maximum atomic E-state index is 11.4. The van der Waals surface area contributed by atoms with Crippen LogP contribution >= 0.6 is 27.5 Å². The number of piperazine rings is 1. The van der Waals surface area contributed by atoms with E-state index in [-0.39, 0.29) is 17.7 Å². The number of likely N-dealkylation sites (tertiary alicyclic amines) is 1. The van der Waals surface area contributed by atoms with Crippen molar-refractivity contribution in [2.24, 2.45) is 11.3 Å². The second-order valence-corrected chi connectivity index (χ2v) is 15.6. The SMILES string of the molecule is CC(C)(C)[C@H]1CN(C2CCN(C3c4ccc(Cl)cc4CCc4cc(Br)cnc43)CC2)CCN1C(O)CC1CCNCC1. The standard InChI is InChI=1S/C34H49BrClN5O/c1-34(2,3)30-22-40(16-17-41(30)31(42)18-23-8-12-37-13-9-23)28-10-14-39(15-11-28)33-29-7-6-27(36)20-24(29)4-5-25-19-26(35)21-38-32(25)33/h6-7,19-21,23,28,30-31,33,37,42H,4-5,8-18,22H2,1-3H3/t30-,31?,33?/m1/s1. The number of rotatable bonds is 5. The molecular weight excluding hydrogens is 610 g/mol. The summed E-state index contributed by atoms with van der Waals surface area (Å²) in [4.78, 5) is 12.9. The summed E-state index contributed by atoms with van der Waals surface area (Å²) in [5.74, 6) is 0.634. The third-order valence-corrected chi connectivity index (χ3v) is 11.2. The maximum absolute atomic E-state index is 11.4. The number of pyridine rings is 1. The zero-order valence-electron chi connectivity index (χ0n) is 25.7. The average Bonchev–Trinajstić information content (AvgIpc) is 3.13. The van der Waals surface area contributed by atoms with Crippen molar-refractivity contribution in [3.8, 4) is 0 Å². The van der Waals surface area contributed by atoms with Gasteiger partial charge in [0.05, 0.1) is 11.7 Å². The fourth-order valence-electron chi connectivity index (χ4n) is 8.12. The highest BCUT2D eigenvalue weighted by Gasteiger charge is 2.42. The molecule has 0 bridgehead atoms. The van der Waals surface area contributed by atoms with Gasteiger partial charge in [-0.05, 0) is 120 Å². The van der Waals surface area contributed by atoms with Gasteiger partial charge in [-0.3, -0.25) is 19.7 Å². The lowest BCUT2D eigenvalue weighted by Gasteiger charge is -2.52. The van der Waals surface area contributed by atoms with Crippen LogP contribution in [0, 0.1) is 11.3 Å². The van der Waals surface area contributed by atoms with E-state index in [1.807, 2.05) is 6.20 Å². The molecule has 4 aliphatic rings. The molecule has 0 saturated carbocycles. The van der Waals surface area contributed by atoms with Crippen LogP contribution in [0.25, 0.3) is 0 Å². The van der Waals surface area contributed by atoms with Crippen molar-refractivity contribution in [2.45, 2.75) is 90.1 Å². The Balaban J connectivity index is 1.15. The highest BCUT2D eigenvalue weighted by Crippen LogP contribution is 2.40. The third kappa shape index (κ3) is 6.78. The van der Waals surface area contributed by atoms with E-state index in [2.05, 4.69) is 81.0 Å². The van der Waals surface area contributed by atoms with Gasteiger partial charge in [0.15, 0.2) is 0 Å². The molecule has 2 N–H and O–H groups in total. The van der Waals surface area contributed by atoms with Crippen molar-refractivity contribution >= 4 is 27.5 Å². The summed E-state index contributed by atoms with van der Waals surface area (Å²) >= 11 is 10.1. The molecule has 8 heteroatoms. The monoisotopic (exact) mass is 657 g/mol. The molecule has 2 unspecified atom stereocenters. The van der Waals surface area contributed by atoms with Crippen LogP contribution in [0.4, 0.5) is 0 Å². The summed E-state index contributed by atoms with van der Waals surface area (Å²) < 4.78 is 1.05. The Hall–Kier alpha value is -1.06. The Morgan fingerprint density at radius 2 is 1.74 bits per heavy atom. The molecule has 0 radical (unpaired) electrons. The molecule has 3 atom stereocenters. The molecular formula is C34H49BrClN5O. The Labute approximate surface area is 266 Å². The minimum absolute atomic E-state index is 0.115. The molecule has 1 aliphatic carbocycles. The predicted octanol–water partition coefficient (Wildman–Crippen LogP) is 5.89. The molecule has 6 nitrogen and oxygen atoms in total. The normalized spacial score (nSPS) is 26.4. The molecule has 3 fully saturated rings. The smallest absolute Gasteiger partial charge is 0.108 e. The first-order valence-corrected chi connectivity index (χ1v) is 17.4. The minimum Gasteiger partial charge on any atom is -0.378 e. The number of nitrogens with zero attached hydrogens (tertiary/aromatic N) is 4. The van der Waals surface area contributed by atoms with E-state index in [1.165, 1.54) is 48.1 Å². The molecule has 0 spiro atoms. The van der Waals surface area contributed by atoms with E-state index in [0.717, 1.165) is 74.6 Å². The molecule has 6 rings (SSSR count). The third-order valence-electron chi connectivity index (χ3n) is 10.5. The topological polar surface area (TPSA) is 54.9 Å². The van der Waals surface area contributed by atoms with Gasteiger partial charge < -0.3 is 10.4 Å². The second-order valence-electron chi connectivity index (χ2n) is 14.2. The molecule has 3 aliphatic heterocycles. The molecule has 3 saturated heterocycles. The van der Waals surface area contributed by atoms with Gasteiger partial charge >= 0.3 is 0 Å². The number of piperidine rings is 2. The van der Waals surface area contributed by atoms with Crippen LogP contribution in [-0.2, 0) is 12.8 Å². The lowest BCUT2D eigenvalue weighted by molar-refractivity contribution is -0.108. The Morgan fingerprint density at radius 1 is 1.00 bits per heavy atom. The van der Waals surface area contributed by atoms with E-state index >= 15 is 0 Å². The first kappa shape index (κ1) is 30.9. The number of hydrogen-bond acceptors (Lipinski definition) is 6. The highest BCUT2D eigenvalue weighted by atomic mass is 79.9. The first-order valence-electron chi connectivity index (χ1n) is 16.2. The Bertz CT molecular complexity index is 1170. The van der Waals surface area contributed by atoms with Gasteiger partial charge in [0.25, 0.3) is 0 Å². The molecule has 230 valence electrons. The van der Waals surface area contributed by atoms with Gasteiger partial charge in [-0.2, -0.15) is 0 Å². The largest absolute Gasteiger partial charge is 0.378 e. The van der Waals surface area contributed by atoms with Crippen molar-refractivity contribution in [1.29, 1.82) is 0 Å². The van der Waals surface area contributed by atoms with Crippen molar-refractivity contribution in [1.82, 2.24) is 25.0 Å². The fraction of sp³-hybridized carbons (Fsp3) is 0.676. The van der Waals surface area contributed by atoms with Gasteiger partial charge in [0, 0.05) is 60.5 Å². The number of aryl methyl sites for hydroxylation is 2. The van der Waals surface area contributed by atoms with E-state index < -0.39 is 0 Å². The summed E-state index contributed by atoms with van der Waals surface area (Å²) in [5, 5.41) is 15.7. The van der Waals surface area contributed by atoms with Gasteiger partial charge in [0.2, 0.25) is 0 Å². The maximum Gasteiger partial charge on any atom is 0.108 e. The summed E-state index contributed by atoms with van der Waals surface area (Å²) in [5.41, 5.74) is 5.40. The van der Waals surface area contributed by atoms with E-state index in [4.69, 9.17) is 16.6 Å². The quantitative estimate of drug-likeness (QED) is 0.418. The molecule has 1 aromatic heterocycles. The molecule has 4 heterocycles. The number of aliphatic hydroxyl groups is 1. The van der Waals surface area contributed by atoms with Crippen molar-refractivity contribution in [2.75, 3.05) is 45.8 Å². The number of aromatic nitrogens is 1. The number of aliphatic hydroxyl groups excluding tert-OH is 1. The van der Waals surface area contributed by atoms with Crippen LogP contribution in [0.3, 0.4) is 0 Å². The number of halogens is 2. The zero-order valence-corrected chi connectivity index (χ0v) is 28.0. The Kier molecular flexibility index (Phi) is 9.67. The zero-order chi connectivity index (χ0) is 29.4. The lowest BCUT2D eigenvalue weighted by atomic mass is 9.82. The van der Waals surface area contributed by atoms with Crippen LogP contribution in [0.15, 0.2) is 34.9 Å². The van der Waals surface area contributed by atoms with Crippen LogP contribution in [-0.4, -0.2) is 88.9 Å². The van der Waals surface area contributed by atoms with Crippen molar-refractivity contribution < 1.29 is 5.11 Å². The van der Waals surface area contributed by atoms with Crippen molar-refractivity contribution in [3.05, 3.63) is 62.3 Å². The molecule has 0 amide bonds. The van der Waals surface area contributed by atoms with Gasteiger partial charge in [-0.1, -0.05) is 38.4 Å². The molecule has 42 heavy (non-hydrogen) atoms. The minimum atomic E-state index is -0.335. The van der Waals surface area contributed by atoms with Crippen LogP contribution in [0.5, 0.6) is 0 Å². The summed E-state index contributed by atoms with van der Waals surface area (Å²) in [6, 6.07) is 9.85. The number of fused-ring (bicyclic) bond motifs is 2. The Morgan fingerprint density at radius 3 is 2.48 bits per heavy atom. The van der Waals surface area contributed by atoms with E-state index in [9.17, 15) is 5.11 Å². The van der Waals surface area contributed by atoms with E-state index in [0.29, 0.717) is 18.0 Å². The summed E-state index contributed by atoms with van der Waals surface area (Å²) in [7, 11) is 0. The molecule has 1 aromatic carbocycles. The second kappa shape index (κ2) is 13.1. The first-order chi connectivity index (χ1) is 20.2. The number of benzene rings is 1. The van der Waals surface area contributed by atoms with E-state index in [1.54, 1.807) is 0 Å². The van der Waals surface area contributed by atoms with Crippen LogP contribution in [0.1, 0.15) is 81.3 Å². The average molecular weight is 659 g/mol. The highest BCUT2D eigenvalue weighted by molar-refractivity contribution is 9.10.